The first-order valence-electron chi connectivity index (χ1n) is 6.20. The molecular weight excluding hydrogens is 216 g/mol. The van der Waals surface area contributed by atoms with Crippen molar-refractivity contribution in [3.8, 4) is 0 Å². The molecule has 1 aromatic rings. The summed E-state index contributed by atoms with van der Waals surface area (Å²) in [6.45, 7) is 7.87. The molecular formula is C13H22N2S. The lowest BCUT2D eigenvalue weighted by Gasteiger charge is -2.30. The Morgan fingerprint density at radius 1 is 1.56 bits per heavy atom. The lowest BCUT2D eigenvalue weighted by atomic mass is 10.0. The van der Waals surface area contributed by atoms with Crippen LogP contribution in [0.25, 0.3) is 0 Å². The molecule has 0 aromatic carbocycles. The molecule has 90 valence electrons. The summed E-state index contributed by atoms with van der Waals surface area (Å²) in [4.78, 5) is 4.13. The highest BCUT2D eigenvalue weighted by atomic mass is 32.1. The SMILES string of the molecule is CC(C)C(c1cccs1)N1CCC(CN)C1. The minimum absolute atomic E-state index is 0.594. The Morgan fingerprint density at radius 3 is 2.88 bits per heavy atom. The van der Waals surface area contributed by atoms with Gasteiger partial charge in [-0.05, 0) is 42.8 Å². The number of hydrogen-bond donors (Lipinski definition) is 1. The van der Waals surface area contributed by atoms with Crippen LogP contribution in [0.15, 0.2) is 17.5 Å². The molecule has 1 aliphatic rings. The molecule has 0 spiro atoms. The van der Waals surface area contributed by atoms with Crippen LogP contribution in [0.4, 0.5) is 0 Å². The summed E-state index contributed by atoms with van der Waals surface area (Å²) in [6, 6.07) is 5.02. The number of rotatable bonds is 4. The van der Waals surface area contributed by atoms with Crippen molar-refractivity contribution >= 4 is 11.3 Å². The van der Waals surface area contributed by atoms with E-state index in [1.807, 2.05) is 11.3 Å². The fourth-order valence-corrected chi connectivity index (χ4v) is 3.73. The quantitative estimate of drug-likeness (QED) is 0.874. The Balaban J connectivity index is 2.09. The predicted molar refractivity (Wildman–Crippen MR) is 70.6 cm³/mol. The predicted octanol–water partition coefficient (Wildman–Crippen LogP) is 2.73. The molecule has 2 atom stereocenters. The lowest BCUT2D eigenvalue weighted by molar-refractivity contribution is 0.190. The van der Waals surface area contributed by atoms with Gasteiger partial charge in [-0.25, -0.2) is 0 Å². The van der Waals surface area contributed by atoms with E-state index in [1.165, 1.54) is 24.4 Å². The molecule has 1 aromatic heterocycles. The van der Waals surface area contributed by atoms with E-state index in [9.17, 15) is 0 Å². The number of nitrogens with two attached hydrogens (primary N) is 1. The van der Waals surface area contributed by atoms with Gasteiger partial charge < -0.3 is 5.73 Å². The van der Waals surface area contributed by atoms with E-state index in [1.54, 1.807) is 0 Å². The third-order valence-corrected chi connectivity index (χ3v) is 4.45. The van der Waals surface area contributed by atoms with Gasteiger partial charge >= 0.3 is 0 Å². The molecule has 0 aliphatic carbocycles. The summed E-state index contributed by atoms with van der Waals surface area (Å²) in [5, 5.41) is 2.18. The zero-order valence-corrected chi connectivity index (χ0v) is 11.0. The van der Waals surface area contributed by atoms with E-state index in [0.717, 1.165) is 6.54 Å². The molecule has 2 N–H and O–H groups in total. The second-order valence-electron chi connectivity index (χ2n) is 5.09. The standard InChI is InChI=1S/C13H22N2S/c1-10(2)13(12-4-3-7-16-12)15-6-5-11(8-14)9-15/h3-4,7,10-11,13H,5-6,8-9,14H2,1-2H3. The topological polar surface area (TPSA) is 29.3 Å². The lowest BCUT2D eigenvalue weighted by Crippen LogP contribution is -2.30. The summed E-state index contributed by atoms with van der Waals surface area (Å²) in [6.07, 6.45) is 1.27. The van der Waals surface area contributed by atoms with Crippen LogP contribution in [-0.2, 0) is 0 Å². The molecule has 2 rings (SSSR count). The Labute approximate surface area is 102 Å². The minimum Gasteiger partial charge on any atom is -0.330 e. The molecule has 0 amide bonds. The van der Waals surface area contributed by atoms with E-state index < -0.39 is 0 Å². The second kappa shape index (κ2) is 5.30. The zero-order valence-electron chi connectivity index (χ0n) is 10.2. The molecule has 0 bridgehead atoms. The maximum absolute atomic E-state index is 5.77. The number of hydrogen-bond acceptors (Lipinski definition) is 3. The van der Waals surface area contributed by atoms with Gasteiger partial charge in [0.25, 0.3) is 0 Å². The maximum atomic E-state index is 5.77. The molecule has 2 nitrogen and oxygen atoms in total. The first-order valence-corrected chi connectivity index (χ1v) is 7.08. The monoisotopic (exact) mass is 238 g/mol. The van der Waals surface area contributed by atoms with Gasteiger partial charge in [0.15, 0.2) is 0 Å². The third kappa shape index (κ3) is 2.47. The van der Waals surface area contributed by atoms with Crippen molar-refractivity contribution in [1.82, 2.24) is 4.90 Å². The van der Waals surface area contributed by atoms with Crippen LogP contribution in [0, 0.1) is 11.8 Å². The van der Waals surface area contributed by atoms with E-state index in [2.05, 4.69) is 36.3 Å². The average molecular weight is 238 g/mol. The van der Waals surface area contributed by atoms with Gasteiger partial charge in [0.05, 0.1) is 0 Å². The summed E-state index contributed by atoms with van der Waals surface area (Å²) in [7, 11) is 0. The Hall–Kier alpha value is -0.380. The summed E-state index contributed by atoms with van der Waals surface area (Å²) in [5.41, 5.74) is 5.77. The van der Waals surface area contributed by atoms with Crippen LogP contribution >= 0.6 is 11.3 Å². The highest BCUT2D eigenvalue weighted by Crippen LogP contribution is 2.35. The van der Waals surface area contributed by atoms with Crippen molar-refractivity contribution in [2.75, 3.05) is 19.6 Å². The molecule has 0 saturated carbocycles. The molecule has 0 radical (unpaired) electrons. The first-order chi connectivity index (χ1) is 7.72. The van der Waals surface area contributed by atoms with Gasteiger partial charge in [0.2, 0.25) is 0 Å². The highest BCUT2D eigenvalue weighted by Gasteiger charge is 2.30. The van der Waals surface area contributed by atoms with E-state index >= 15 is 0 Å². The normalized spacial score (nSPS) is 24.1. The van der Waals surface area contributed by atoms with E-state index in [-0.39, 0.29) is 0 Å². The zero-order chi connectivity index (χ0) is 11.5. The molecule has 1 fully saturated rings. The molecule has 16 heavy (non-hydrogen) atoms. The van der Waals surface area contributed by atoms with Gasteiger partial charge in [0, 0.05) is 17.5 Å². The van der Waals surface area contributed by atoms with Crippen LogP contribution in [0.1, 0.15) is 31.2 Å². The first kappa shape index (κ1) is 12.1. The summed E-state index contributed by atoms with van der Waals surface area (Å²) in [5.74, 6) is 1.39. The summed E-state index contributed by atoms with van der Waals surface area (Å²) >= 11 is 1.88. The fraction of sp³-hybridized carbons (Fsp3) is 0.692. The molecule has 2 heterocycles. The van der Waals surface area contributed by atoms with Crippen LogP contribution < -0.4 is 5.73 Å². The third-order valence-electron chi connectivity index (χ3n) is 3.51. The number of likely N-dealkylation sites (tertiary alicyclic amines) is 1. The Morgan fingerprint density at radius 2 is 2.38 bits per heavy atom. The van der Waals surface area contributed by atoms with Gasteiger partial charge in [-0.1, -0.05) is 19.9 Å². The van der Waals surface area contributed by atoms with Crippen LogP contribution in [0.2, 0.25) is 0 Å². The maximum Gasteiger partial charge on any atom is 0.0464 e. The fourth-order valence-electron chi connectivity index (χ4n) is 2.70. The largest absolute Gasteiger partial charge is 0.330 e. The Bertz CT molecular complexity index is 308. The minimum atomic E-state index is 0.594. The van der Waals surface area contributed by atoms with Crippen LogP contribution in [-0.4, -0.2) is 24.5 Å². The Kier molecular flexibility index (Phi) is 4.00. The van der Waals surface area contributed by atoms with Crippen molar-refractivity contribution in [1.29, 1.82) is 0 Å². The second-order valence-corrected chi connectivity index (χ2v) is 6.07. The summed E-state index contributed by atoms with van der Waals surface area (Å²) < 4.78 is 0. The highest BCUT2D eigenvalue weighted by molar-refractivity contribution is 7.10. The van der Waals surface area contributed by atoms with Crippen molar-refractivity contribution in [2.45, 2.75) is 26.3 Å². The van der Waals surface area contributed by atoms with Gasteiger partial charge in [-0.15, -0.1) is 11.3 Å². The molecule has 1 saturated heterocycles. The van der Waals surface area contributed by atoms with Crippen molar-refractivity contribution in [3.63, 3.8) is 0 Å². The smallest absolute Gasteiger partial charge is 0.0464 e. The average Bonchev–Trinajstić information content (AvgIpc) is 2.88. The molecule has 1 aliphatic heterocycles. The molecule has 2 unspecified atom stereocenters. The van der Waals surface area contributed by atoms with Crippen molar-refractivity contribution < 1.29 is 0 Å². The van der Waals surface area contributed by atoms with Gasteiger partial charge in [0.1, 0.15) is 0 Å². The van der Waals surface area contributed by atoms with Gasteiger partial charge in [-0.3, -0.25) is 4.90 Å². The van der Waals surface area contributed by atoms with Crippen molar-refractivity contribution in [2.24, 2.45) is 17.6 Å². The van der Waals surface area contributed by atoms with Crippen LogP contribution in [0.3, 0.4) is 0 Å². The molecule has 3 heteroatoms. The van der Waals surface area contributed by atoms with E-state index in [0.29, 0.717) is 17.9 Å². The van der Waals surface area contributed by atoms with Gasteiger partial charge in [-0.2, -0.15) is 0 Å². The number of nitrogens with zero attached hydrogens (tertiary/aromatic N) is 1. The van der Waals surface area contributed by atoms with Crippen molar-refractivity contribution in [3.05, 3.63) is 22.4 Å². The van der Waals surface area contributed by atoms with E-state index in [4.69, 9.17) is 5.73 Å². The van der Waals surface area contributed by atoms with Crippen LogP contribution in [0.5, 0.6) is 0 Å². The number of thiophene rings is 1.